The fraction of sp³-hybridized carbons (Fsp3) is 0.923. The third-order valence-corrected chi connectivity index (χ3v) is 6.19. The van der Waals surface area contributed by atoms with Gasteiger partial charge in [0.25, 0.3) is 0 Å². The van der Waals surface area contributed by atoms with Crippen molar-refractivity contribution in [3.8, 4) is 0 Å². The van der Waals surface area contributed by atoms with E-state index < -0.39 is 24.5 Å². The predicted octanol–water partition coefficient (Wildman–Crippen LogP) is 5.44. The quantitative estimate of drug-likeness (QED) is 0.218. The van der Waals surface area contributed by atoms with Crippen molar-refractivity contribution in [2.75, 3.05) is 13.2 Å². The highest BCUT2D eigenvalue weighted by atomic mass is 16.6. The highest BCUT2D eigenvalue weighted by molar-refractivity contribution is 5.85. The van der Waals surface area contributed by atoms with Crippen molar-refractivity contribution >= 4 is 12.0 Å². The molecular weight excluding hydrogens is 420 g/mol. The summed E-state index contributed by atoms with van der Waals surface area (Å²) in [5, 5.41) is 15.2. The number of hydrogen-bond acceptors (Lipinski definition) is 5. The van der Waals surface area contributed by atoms with Crippen LogP contribution >= 0.6 is 0 Å². The third kappa shape index (κ3) is 15.2. The monoisotopic (exact) mass is 470 g/mol. The van der Waals surface area contributed by atoms with Gasteiger partial charge in [0.1, 0.15) is 6.04 Å². The van der Waals surface area contributed by atoms with Crippen LogP contribution in [0.1, 0.15) is 117 Å². The summed E-state index contributed by atoms with van der Waals surface area (Å²) in [6.07, 6.45) is 16.0. The van der Waals surface area contributed by atoms with Crippen LogP contribution in [-0.4, -0.2) is 48.7 Å². The average Bonchev–Trinajstić information content (AvgIpc) is 3.17. The van der Waals surface area contributed by atoms with Gasteiger partial charge >= 0.3 is 6.09 Å². The molecule has 0 aliphatic carbocycles. The molecule has 1 saturated heterocycles. The Labute approximate surface area is 201 Å². The van der Waals surface area contributed by atoms with Crippen molar-refractivity contribution in [3.05, 3.63) is 0 Å². The van der Waals surface area contributed by atoms with Crippen LogP contribution in [0.25, 0.3) is 0 Å². The van der Waals surface area contributed by atoms with E-state index in [4.69, 9.17) is 9.47 Å². The minimum atomic E-state index is -0.990. The first-order valence-electron chi connectivity index (χ1n) is 13.5. The smallest absolute Gasteiger partial charge is 0.407 e. The first-order valence-corrected chi connectivity index (χ1v) is 13.5. The van der Waals surface area contributed by atoms with Crippen LogP contribution in [-0.2, 0) is 14.3 Å². The van der Waals surface area contributed by atoms with Gasteiger partial charge in [0.2, 0.25) is 5.91 Å². The second-order valence-electron chi connectivity index (χ2n) is 9.87. The van der Waals surface area contributed by atoms with Gasteiger partial charge in [-0.2, -0.15) is 0 Å². The second kappa shape index (κ2) is 19.0. The van der Waals surface area contributed by atoms with E-state index in [1.165, 1.54) is 70.6 Å². The maximum atomic E-state index is 12.6. The van der Waals surface area contributed by atoms with Gasteiger partial charge in [-0.25, -0.2) is 4.79 Å². The van der Waals surface area contributed by atoms with Crippen LogP contribution in [0.5, 0.6) is 0 Å². The zero-order valence-corrected chi connectivity index (χ0v) is 21.4. The van der Waals surface area contributed by atoms with Crippen LogP contribution in [0.4, 0.5) is 4.79 Å². The number of ether oxygens (including phenoxy) is 2. The summed E-state index contributed by atoms with van der Waals surface area (Å²) in [6, 6.07) is -1.12. The zero-order chi connectivity index (χ0) is 24.3. The minimum absolute atomic E-state index is 0.229. The molecule has 1 aliphatic heterocycles. The van der Waals surface area contributed by atoms with Gasteiger partial charge in [-0.1, -0.05) is 97.8 Å². The lowest BCUT2D eigenvalue weighted by Crippen LogP contribution is -2.52. The standard InChI is InChI=1S/C26H50N2O5/c1-4-5-6-7-8-9-10-11-12-13-14-15-16-18-33-26(31)28-23(20-21(2)3)24(29)27-22-17-19-32-25(22)30/h21-23,25,30H,4-20H2,1-3H3,(H,27,29)(H,28,31). The molecule has 7 heteroatoms. The number of hydrogen-bond donors (Lipinski definition) is 3. The van der Waals surface area contributed by atoms with Crippen molar-refractivity contribution in [1.82, 2.24) is 10.6 Å². The number of amides is 2. The zero-order valence-electron chi connectivity index (χ0n) is 21.4. The normalized spacial score (nSPS) is 18.9. The molecule has 1 fully saturated rings. The maximum absolute atomic E-state index is 12.6. The Balaban J connectivity index is 2.07. The largest absolute Gasteiger partial charge is 0.450 e. The van der Waals surface area contributed by atoms with Crippen molar-refractivity contribution in [2.45, 2.75) is 135 Å². The third-order valence-electron chi connectivity index (χ3n) is 6.19. The number of carbonyl (C=O) groups is 2. The lowest BCUT2D eigenvalue weighted by atomic mass is 10.0. The van der Waals surface area contributed by atoms with Crippen LogP contribution in [0, 0.1) is 5.92 Å². The van der Waals surface area contributed by atoms with Gasteiger partial charge in [0.15, 0.2) is 6.29 Å². The predicted molar refractivity (Wildman–Crippen MR) is 132 cm³/mol. The van der Waals surface area contributed by atoms with Crippen LogP contribution in [0.3, 0.4) is 0 Å². The molecule has 1 aliphatic rings. The summed E-state index contributed by atoms with van der Waals surface area (Å²) in [5.74, 6) is -0.0805. The Morgan fingerprint density at radius 2 is 1.48 bits per heavy atom. The molecule has 0 bridgehead atoms. The molecule has 3 atom stereocenters. The Hall–Kier alpha value is -1.34. The van der Waals surface area contributed by atoms with Gasteiger partial charge in [-0.05, 0) is 25.2 Å². The Morgan fingerprint density at radius 3 is 1.97 bits per heavy atom. The average molecular weight is 471 g/mol. The molecule has 1 heterocycles. The van der Waals surface area contributed by atoms with E-state index in [1.807, 2.05) is 13.8 Å². The number of alkyl carbamates (subject to hydrolysis) is 1. The summed E-state index contributed by atoms with van der Waals surface area (Å²) in [7, 11) is 0. The second-order valence-corrected chi connectivity index (χ2v) is 9.87. The number of rotatable bonds is 19. The Kier molecular flexibility index (Phi) is 17.1. The van der Waals surface area contributed by atoms with E-state index in [0.29, 0.717) is 26.1 Å². The highest BCUT2D eigenvalue weighted by Gasteiger charge is 2.31. The Morgan fingerprint density at radius 1 is 0.939 bits per heavy atom. The van der Waals surface area contributed by atoms with Crippen molar-refractivity contribution < 1.29 is 24.2 Å². The van der Waals surface area contributed by atoms with Crippen molar-refractivity contribution in [3.63, 3.8) is 0 Å². The minimum Gasteiger partial charge on any atom is -0.450 e. The molecule has 0 spiro atoms. The molecule has 0 saturated carbocycles. The molecule has 2 amide bonds. The number of nitrogens with one attached hydrogen (secondary N) is 2. The lowest BCUT2D eigenvalue weighted by molar-refractivity contribution is -0.127. The summed E-state index contributed by atoms with van der Waals surface area (Å²) in [4.78, 5) is 24.7. The van der Waals surface area contributed by atoms with Gasteiger partial charge in [0, 0.05) is 0 Å². The molecule has 3 N–H and O–H groups in total. The first-order chi connectivity index (χ1) is 15.9. The molecule has 1 rings (SSSR count). The van der Waals surface area contributed by atoms with E-state index in [-0.39, 0.29) is 11.8 Å². The van der Waals surface area contributed by atoms with E-state index >= 15 is 0 Å². The van der Waals surface area contributed by atoms with Crippen LogP contribution in [0.2, 0.25) is 0 Å². The van der Waals surface area contributed by atoms with Gasteiger partial charge in [0.05, 0.1) is 19.3 Å². The van der Waals surface area contributed by atoms with E-state index in [0.717, 1.165) is 12.8 Å². The highest BCUT2D eigenvalue weighted by Crippen LogP contribution is 2.14. The van der Waals surface area contributed by atoms with Gasteiger partial charge < -0.3 is 25.2 Å². The SMILES string of the molecule is CCCCCCCCCCCCCCCOC(=O)NC(CC(C)C)C(=O)NC1CCOC1O. The molecule has 0 aromatic carbocycles. The van der Waals surface area contributed by atoms with Crippen molar-refractivity contribution in [1.29, 1.82) is 0 Å². The van der Waals surface area contributed by atoms with Crippen molar-refractivity contribution in [2.24, 2.45) is 5.92 Å². The lowest BCUT2D eigenvalue weighted by Gasteiger charge is -2.23. The van der Waals surface area contributed by atoms with Crippen LogP contribution < -0.4 is 10.6 Å². The van der Waals surface area contributed by atoms with Gasteiger partial charge in [-0.3, -0.25) is 4.79 Å². The molecule has 7 nitrogen and oxygen atoms in total. The topological polar surface area (TPSA) is 96.9 Å². The summed E-state index contributed by atoms with van der Waals surface area (Å²) < 4.78 is 10.4. The molecule has 0 aromatic rings. The number of carbonyl (C=O) groups excluding carboxylic acids is 2. The molecular formula is C26H50N2O5. The molecule has 33 heavy (non-hydrogen) atoms. The van der Waals surface area contributed by atoms with Crippen LogP contribution in [0.15, 0.2) is 0 Å². The maximum Gasteiger partial charge on any atom is 0.407 e. The number of unbranched alkanes of at least 4 members (excludes halogenated alkanes) is 12. The molecule has 194 valence electrons. The molecule has 0 aromatic heterocycles. The number of aliphatic hydroxyl groups excluding tert-OH is 1. The molecule has 3 unspecified atom stereocenters. The fourth-order valence-corrected chi connectivity index (χ4v) is 4.17. The summed E-state index contributed by atoms with van der Waals surface area (Å²) in [5.41, 5.74) is 0. The first kappa shape index (κ1) is 29.7. The summed E-state index contributed by atoms with van der Waals surface area (Å²) in [6.45, 7) is 7.03. The Bertz CT molecular complexity index is 515. The number of aliphatic hydroxyl groups is 1. The fourth-order valence-electron chi connectivity index (χ4n) is 4.17. The van der Waals surface area contributed by atoms with E-state index in [9.17, 15) is 14.7 Å². The van der Waals surface area contributed by atoms with Gasteiger partial charge in [-0.15, -0.1) is 0 Å². The molecule has 0 radical (unpaired) electrons. The van der Waals surface area contributed by atoms with E-state index in [2.05, 4.69) is 17.6 Å². The van der Waals surface area contributed by atoms with E-state index in [1.54, 1.807) is 0 Å². The summed E-state index contributed by atoms with van der Waals surface area (Å²) >= 11 is 0.